The van der Waals surface area contributed by atoms with E-state index in [1.165, 1.54) is 12.1 Å². The second kappa shape index (κ2) is 4.39. The average Bonchev–Trinajstić information content (AvgIpc) is 2.32. The lowest BCUT2D eigenvalue weighted by atomic mass is 10.2. The van der Waals surface area contributed by atoms with Gasteiger partial charge < -0.3 is 20.8 Å². The molecule has 0 radical (unpaired) electrons. The van der Waals surface area contributed by atoms with Crippen LogP contribution in [0.15, 0.2) is 22.7 Å². The van der Waals surface area contributed by atoms with Crippen molar-refractivity contribution in [2.24, 2.45) is 5.73 Å². The zero-order valence-corrected chi connectivity index (χ0v) is 10.5. The molecule has 2 aromatic rings. The molecular formula is C10H8BrN3O4. The number of nitrogens with zero attached hydrogens (tertiary/aromatic N) is 2. The minimum absolute atomic E-state index is 0.00891. The van der Waals surface area contributed by atoms with Crippen LogP contribution < -0.4 is 10.2 Å². The third kappa shape index (κ3) is 1.75. The molecule has 0 aliphatic carbocycles. The Hall–Kier alpha value is -1.93. The summed E-state index contributed by atoms with van der Waals surface area (Å²) in [7, 11) is 0. The Morgan fingerprint density at radius 3 is 2.78 bits per heavy atom. The van der Waals surface area contributed by atoms with Crippen LogP contribution in [0.4, 0.5) is 0 Å². The van der Waals surface area contributed by atoms with E-state index in [9.17, 15) is 14.9 Å². The molecule has 1 amide bonds. The maximum Gasteiger partial charge on any atom is 0.348 e. The Bertz CT molecular complexity index is 710. The van der Waals surface area contributed by atoms with Gasteiger partial charge in [0.05, 0.1) is 11.0 Å². The number of hydrogen-bond acceptors (Lipinski definition) is 4. The van der Waals surface area contributed by atoms with Gasteiger partial charge in [-0.3, -0.25) is 4.79 Å². The summed E-state index contributed by atoms with van der Waals surface area (Å²) < 4.78 is 1.16. The molecule has 0 aliphatic heterocycles. The molecule has 7 nitrogen and oxygen atoms in total. The summed E-state index contributed by atoms with van der Waals surface area (Å²) in [6.07, 6.45) is 0. The van der Waals surface area contributed by atoms with E-state index in [4.69, 9.17) is 10.8 Å². The van der Waals surface area contributed by atoms with Gasteiger partial charge in [0.2, 0.25) is 0 Å². The number of aromatic nitrogens is 2. The van der Waals surface area contributed by atoms with Crippen molar-refractivity contribution in [2.75, 3.05) is 0 Å². The number of fused-ring (bicyclic) bond motifs is 1. The first-order chi connectivity index (χ1) is 8.47. The SMILES string of the molecule is NC(=O)c1c(CO)n([O-])c2ccc(Br)cc2[n+]1=O. The number of nitrogens with two attached hydrogens (primary N) is 1. The Kier molecular flexibility index (Phi) is 3.05. The highest BCUT2D eigenvalue weighted by molar-refractivity contribution is 9.10. The molecule has 1 aromatic carbocycles. The van der Waals surface area contributed by atoms with Crippen LogP contribution in [-0.4, -0.2) is 15.7 Å². The van der Waals surface area contributed by atoms with E-state index in [-0.39, 0.29) is 21.2 Å². The topological polar surface area (TPSA) is 114 Å². The Balaban J connectivity index is 3.05. The van der Waals surface area contributed by atoms with Crippen molar-refractivity contribution in [3.8, 4) is 0 Å². The summed E-state index contributed by atoms with van der Waals surface area (Å²) in [6, 6.07) is 4.37. The fourth-order valence-electron chi connectivity index (χ4n) is 1.69. The number of carbonyl (C=O) groups excluding carboxylic acids is 1. The Labute approximate surface area is 109 Å². The van der Waals surface area contributed by atoms with Gasteiger partial charge in [-0.2, -0.15) is 0 Å². The van der Waals surface area contributed by atoms with Gasteiger partial charge in [0.15, 0.2) is 0 Å². The highest BCUT2D eigenvalue weighted by Gasteiger charge is 2.26. The zero-order chi connectivity index (χ0) is 13.4. The fraction of sp³-hybridized carbons (Fsp3) is 0.100. The Morgan fingerprint density at radius 1 is 1.56 bits per heavy atom. The van der Waals surface area contributed by atoms with Gasteiger partial charge in [-0.1, -0.05) is 15.9 Å². The molecule has 1 heterocycles. The molecule has 0 atom stereocenters. The van der Waals surface area contributed by atoms with Gasteiger partial charge in [0.25, 0.3) is 5.52 Å². The summed E-state index contributed by atoms with van der Waals surface area (Å²) in [4.78, 5) is 23.2. The van der Waals surface area contributed by atoms with Gasteiger partial charge in [-0.15, -0.1) is 0 Å². The van der Waals surface area contributed by atoms with Crippen molar-refractivity contribution in [3.63, 3.8) is 0 Å². The van der Waals surface area contributed by atoms with Crippen LogP contribution >= 0.6 is 15.9 Å². The molecular weight excluding hydrogens is 306 g/mol. The zero-order valence-electron chi connectivity index (χ0n) is 8.96. The Morgan fingerprint density at radius 2 is 2.22 bits per heavy atom. The van der Waals surface area contributed by atoms with Crippen LogP contribution in [0.5, 0.6) is 0 Å². The van der Waals surface area contributed by atoms with Crippen LogP contribution in [0.3, 0.4) is 0 Å². The number of halogens is 1. The number of carbonyl (C=O) groups is 1. The predicted octanol–water partition coefficient (Wildman–Crippen LogP) is 0.255. The lowest BCUT2D eigenvalue weighted by molar-refractivity contribution is -0.468. The van der Waals surface area contributed by atoms with Gasteiger partial charge >= 0.3 is 11.6 Å². The predicted molar refractivity (Wildman–Crippen MR) is 66.2 cm³/mol. The van der Waals surface area contributed by atoms with E-state index < -0.39 is 18.2 Å². The second-order valence-electron chi connectivity index (χ2n) is 3.54. The minimum Gasteiger partial charge on any atom is -0.805 e. The quantitative estimate of drug-likeness (QED) is 0.773. The summed E-state index contributed by atoms with van der Waals surface area (Å²) in [5, 5.41) is 21.0. The van der Waals surface area contributed by atoms with Crippen molar-refractivity contribution in [1.82, 2.24) is 4.73 Å². The van der Waals surface area contributed by atoms with E-state index in [1.807, 2.05) is 0 Å². The molecule has 0 unspecified atom stereocenters. The number of primary amides is 1. The van der Waals surface area contributed by atoms with Gasteiger partial charge in [0, 0.05) is 15.4 Å². The third-order valence-electron chi connectivity index (χ3n) is 2.48. The van der Waals surface area contributed by atoms with E-state index in [1.54, 1.807) is 6.07 Å². The summed E-state index contributed by atoms with van der Waals surface area (Å²) in [5.74, 6) is -1.07. The number of benzene rings is 1. The standard InChI is InChI=1S/C10H8BrN3O4/c11-5-1-2-6-7(3-5)14(18)9(10(12)16)8(4-15)13(6)17/h1-3,15H,4H2,(H2,12,16). The maximum absolute atomic E-state index is 12.0. The minimum atomic E-state index is -1.07. The van der Waals surface area contributed by atoms with Crippen LogP contribution in [0.2, 0.25) is 0 Å². The maximum atomic E-state index is 12.0. The summed E-state index contributed by atoms with van der Waals surface area (Å²) in [6.45, 7) is -0.754. The van der Waals surface area contributed by atoms with E-state index in [0.29, 0.717) is 9.20 Å². The molecule has 2 rings (SSSR count). The normalized spacial score (nSPS) is 10.8. The number of rotatable bonds is 2. The average molecular weight is 314 g/mol. The van der Waals surface area contributed by atoms with Crippen LogP contribution in [0.1, 0.15) is 16.2 Å². The van der Waals surface area contributed by atoms with E-state index >= 15 is 0 Å². The first-order valence-electron chi connectivity index (χ1n) is 4.85. The summed E-state index contributed by atoms with van der Waals surface area (Å²) >= 11 is 3.16. The van der Waals surface area contributed by atoms with Gasteiger partial charge in [0.1, 0.15) is 11.2 Å². The number of aliphatic hydroxyl groups excluding tert-OH is 1. The first kappa shape index (κ1) is 12.5. The molecule has 0 bridgehead atoms. The highest BCUT2D eigenvalue weighted by atomic mass is 79.9. The molecule has 0 fully saturated rings. The monoisotopic (exact) mass is 313 g/mol. The van der Waals surface area contributed by atoms with Gasteiger partial charge in [-0.25, -0.2) is 0 Å². The van der Waals surface area contributed by atoms with Crippen LogP contribution in [0.25, 0.3) is 11.0 Å². The lowest BCUT2D eigenvalue weighted by Gasteiger charge is -2.16. The largest absolute Gasteiger partial charge is 0.805 e. The first-order valence-corrected chi connectivity index (χ1v) is 5.64. The van der Waals surface area contributed by atoms with Crippen molar-refractivity contribution in [1.29, 1.82) is 0 Å². The lowest BCUT2D eigenvalue weighted by Crippen LogP contribution is -2.34. The van der Waals surface area contributed by atoms with Crippen LogP contribution in [0, 0.1) is 10.1 Å². The summed E-state index contributed by atoms with van der Waals surface area (Å²) in [5.41, 5.74) is 4.16. The second-order valence-corrected chi connectivity index (χ2v) is 4.46. The molecule has 0 saturated carbocycles. The molecule has 18 heavy (non-hydrogen) atoms. The molecule has 0 aliphatic rings. The number of amides is 1. The smallest absolute Gasteiger partial charge is 0.348 e. The third-order valence-corrected chi connectivity index (χ3v) is 2.97. The number of hydrogen-bond donors (Lipinski definition) is 2. The molecule has 8 heteroatoms. The van der Waals surface area contributed by atoms with Crippen molar-refractivity contribution < 1.29 is 14.3 Å². The van der Waals surface area contributed by atoms with Crippen molar-refractivity contribution in [2.45, 2.75) is 6.61 Å². The molecule has 0 spiro atoms. The molecule has 0 saturated heterocycles. The number of aliphatic hydroxyl groups is 1. The highest BCUT2D eigenvalue weighted by Crippen LogP contribution is 2.19. The fourth-order valence-corrected chi connectivity index (χ4v) is 2.04. The van der Waals surface area contributed by atoms with Crippen molar-refractivity contribution >= 4 is 32.9 Å². The van der Waals surface area contributed by atoms with Crippen molar-refractivity contribution in [3.05, 3.63) is 44.2 Å². The molecule has 3 N–H and O–H groups in total. The molecule has 94 valence electrons. The van der Waals surface area contributed by atoms with E-state index in [0.717, 1.165) is 0 Å². The molecule has 1 aromatic heterocycles. The van der Waals surface area contributed by atoms with E-state index in [2.05, 4.69) is 15.9 Å². The van der Waals surface area contributed by atoms with Crippen LogP contribution in [-0.2, 0) is 6.61 Å². The van der Waals surface area contributed by atoms with Gasteiger partial charge in [-0.05, 0) is 12.1 Å².